The minimum absolute atomic E-state index is 0.00398. The second-order valence-corrected chi connectivity index (χ2v) is 4.59. The summed E-state index contributed by atoms with van der Waals surface area (Å²) in [5, 5.41) is 5.91. The quantitative estimate of drug-likeness (QED) is 0.580. The number of carbonyl (C=O) groups excluding carboxylic acids is 2. The number of nitrogens with one attached hydrogen (secondary N) is 3. The van der Waals surface area contributed by atoms with Crippen molar-refractivity contribution in [3.8, 4) is 0 Å². The summed E-state index contributed by atoms with van der Waals surface area (Å²) < 4.78 is 0. The third kappa shape index (κ3) is 1.86. The van der Waals surface area contributed by atoms with E-state index in [0.29, 0.717) is 19.5 Å². The normalized spacial score (nSPS) is 27.9. The standard InChI is InChI=1S/C11H15N5O2/c17-10-9-5-12-1-2-16(9)11(18)8(15-10)3-7-4-13-6-14-7/h4,6,8-9,12H,1-3,5H2,(H,13,14)(H,15,17)/t8-,9+/m0/s1. The van der Waals surface area contributed by atoms with Crippen LogP contribution in [0, 0.1) is 0 Å². The number of carbonyl (C=O) groups is 2. The number of rotatable bonds is 2. The van der Waals surface area contributed by atoms with Gasteiger partial charge in [0.05, 0.1) is 6.33 Å². The number of H-pyrrole nitrogens is 1. The van der Waals surface area contributed by atoms with Crippen LogP contribution in [0.25, 0.3) is 0 Å². The van der Waals surface area contributed by atoms with Gasteiger partial charge < -0.3 is 20.5 Å². The SMILES string of the molecule is O=C1N[C@@H](Cc2cnc[nH]2)C(=O)N2CCNC[C@H]12. The summed E-state index contributed by atoms with van der Waals surface area (Å²) in [4.78, 5) is 32.8. The van der Waals surface area contributed by atoms with Crippen LogP contribution in [0.15, 0.2) is 12.5 Å². The molecule has 0 spiro atoms. The molecule has 1 aromatic rings. The van der Waals surface area contributed by atoms with Crippen LogP contribution in [0.1, 0.15) is 5.69 Å². The first-order valence-corrected chi connectivity index (χ1v) is 6.04. The predicted molar refractivity (Wildman–Crippen MR) is 62.6 cm³/mol. The van der Waals surface area contributed by atoms with Gasteiger partial charge in [0.25, 0.3) is 0 Å². The summed E-state index contributed by atoms with van der Waals surface area (Å²) in [6.07, 6.45) is 3.70. The van der Waals surface area contributed by atoms with Crippen LogP contribution in [0.3, 0.4) is 0 Å². The fourth-order valence-electron chi connectivity index (χ4n) is 2.49. The zero-order valence-corrected chi connectivity index (χ0v) is 9.85. The molecule has 2 aliphatic rings. The largest absolute Gasteiger partial charge is 0.348 e. The second kappa shape index (κ2) is 4.41. The van der Waals surface area contributed by atoms with E-state index >= 15 is 0 Å². The molecule has 0 radical (unpaired) electrons. The highest BCUT2D eigenvalue weighted by molar-refractivity contribution is 5.97. The number of hydrogen-bond donors (Lipinski definition) is 3. The third-order valence-electron chi connectivity index (χ3n) is 3.42. The van der Waals surface area contributed by atoms with Crippen LogP contribution in [0.5, 0.6) is 0 Å². The van der Waals surface area contributed by atoms with Crippen molar-refractivity contribution >= 4 is 11.8 Å². The number of amides is 2. The molecule has 0 unspecified atom stereocenters. The van der Waals surface area contributed by atoms with Crippen LogP contribution in [-0.2, 0) is 16.0 Å². The molecular weight excluding hydrogens is 234 g/mol. The summed E-state index contributed by atoms with van der Waals surface area (Å²) >= 11 is 0. The second-order valence-electron chi connectivity index (χ2n) is 4.59. The Morgan fingerprint density at radius 3 is 3.11 bits per heavy atom. The van der Waals surface area contributed by atoms with Gasteiger partial charge in [0, 0.05) is 37.9 Å². The van der Waals surface area contributed by atoms with Gasteiger partial charge in [-0.3, -0.25) is 9.59 Å². The Balaban J connectivity index is 1.76. The van der Waals surface area contributed by atoms with Crippen molar-refractivity contribution in [3.05, 3.63) is 18.2 Å². The zero-order valence-electron chi connectivity index (χ0n) is 9.85. The lowest BCUT2D eigenvalue weighted by molar-refractivity contribution is -0.150. The van der Waals surface area contributed by atoms with Crippen LogP contribution in [0.4, 0.5) is 0 Å². The average Bonchev–Trinajstić information content (AvgIpc) is 2.89. The van der Waals surface area contributed by atoms with Gasteiger partial charge in [-0.1, -0.05) is 0 Å². The van der Waals surface area contributed by atoms with Gasteiger partial charge in [0.2, 0.25) is 11.8 Å². The van der Waals surface area contributed by atoms with Crippen LogP contribution < -0.4 is 10.6 Å². The molecule has 2 fully saturated rings. The molecule has 18 heavy (non-hydrogen) atoms. The van der Waals surface area contributed by atoms with Crippen molar-refractivity contribution in [1.82, 2.24) is 25.5 Å². The molecule has 3 N–H and O–H groups in total. The molecule has 7 nitrogen and oxygen atoms in total. The summed E-state index contributed by atoms with van der Waals surface area (Å²) in [7, 11) is 0. The van der Waals surface area contributed by atoms with Gasteiger partial charge in [-0.25, -0.2) is 4.98 Å². The van der Waals surface area contributed by atoms with E-state index in [1.807, 2.05) is 0 Å². The van der Waals surface area contributed by atoms with Crippen LogP contribution in [-0.4, -0.2) is 58.4 Å². The summed E-state index contributed by atoms with van der Waals surface area (Å²) in [6.45, 7) is 1.87. The van der Waals surface area contributed by atoms with Gasteiger partial charge in [0.1, 0.15) is 12.1 Å². The van der Waals surface area contributed by atoms with Gasteiger partial charge in [0.15, 0.2) is 0 Å². The topological polar surface area (TPSA) is 90.1 Å². The molecule has 0 saturated carbocycles. The maximum absolute atomic E-state index is 12.3. The zero-order chi connectivity index (χ0) is 12.5. The average molecular weight is 249 g/mol. The number of piperazine rings is 2. The van der Waals surface area contributed by atoms with E-state index in [1.165, 1.54) is 0 Å². The number of hydrogen-bond acceptors (Lipinski definition) is 4. The summed E-state index contributed by atoms with van der Waals surface area (Å²) in [6, 6.07) is -0.837. The van der Waals surface area contributed by atoms with Crippen molar-refractivity contribution in [3.63, 3.8) is 0 Å². The molecule has 2 aliphatic heterocycles. The number of imidazole rings is 1. The molecule has 2 atom stereocenters. The highest BCUT2D eigenvalue weighted by Crippen LogP contribution is 2.14. The highest BCUT2D eigenvalue weighted by atomic mass is 16.2. The Morgan fingerprint density at radius 1 is 1.44 bits per heavy atom. The Morgan fingerprint density at radius 2 is 2.33 bits per heavy atom. The summed E-state index contributed by atoms with van der Waals surface area (Å²) in [5.74, 6) is -0.0815. The molecule has 3 rings (SSSR count). The third-order valence-corrected chi connectivity index (χ3v) is 3.42. The van der Waals surface area contributed by atoms with Crippen molar-refractivity contribution in [2.45, 2.75) is 18.5 Å². The van der Waals surface area contributed by atoms with E-state index < -0.39 is 6.04 Å². The minimum atomic E-state index is -0.479. The number of fused-ring (bicyclic) bond motifs is 1. The van der Waals surface area contributed by atoms with E-state index in [9.17, 15) is 9.59 Å². The first-order valence-electron chi connectivity index (χ1n) is 6.04. The smallest absolute Gasteiger partial charge is 0.246 e. The monoisotopic (exact) mass is 249 g/mol. The molecule has 0 aromatic carbocycles. The van der Waals surface area contributed by atoms with Gasteiger partial charge in [-0.15, -0.1) is 0 Å². The molecule has 0 bridgehead atoms. The molecule has 0 aliphatic carbocycles. The fourth-order valence-corrected chi connectivity index (χ4v) is 2.49. The molecule has 2 saturated heterocycles. The van der Waals surface area contributed by atoms with E-state index in [1.54, 1.807) is 17.4 Å². The van der Waals surface area contributed by atoms with Crippen molar-refractivity contribution in [2.75, 3.05) is 19.6 Å². The lowest BCUT2D eigenvalue weighted by Gasteiger charge is -2.41. The lowest BCUT2D eigenvalue weighted by Crippen LogP contribution is -2.69. The van der Waals surface area contributed by atoms with E-state index in [4.69, 9.17) is 0 Å². The number of aromatic nitrogens is 2. The minimum Gasteiger partial charge on any atom is -0.348 e. The Kier molecular flexibility index (Phi) is 2.75. The Bertz CT molecular complexity index is 458. The predicted octanol–water partition coefficient (Wildman–Crippen LogP) is -1.75. The first-order chi connectivity index (χ1) is 8.75. The molecule has 1 aromatic heterocycles. The van der Waals surface area contributed by atoms with E-state index in [-0.39, 0.29) is 17.9 Å². The van der Waals surface area contributed by atoms with Gasteiger partial charge in [-0.2, -0.15) is 0 Å². The van der Waals surface area contributed by atoms with Crippen molar-refractivity contribution in [2.24, 2.45) is 0 Å². The fraction of sp³-hybridized carbons (Fsp3) is 0.545. The molecule has 7 heteroatoms. The van der Waals surface area contributed by atoms with Gasteiger partial charge in [-0.05, 0) is 0 Å². The Hall–Kier alpha value is -1.89. The Labute approximate surface area is 104 Å². The lowest BCUT2D eigenvalue weighted by atomic mass is 10.0. The molecule has 2 amide bonds. The van der Waals surface area contributed by atoms with Crippen LogP contribution in [0.2, 0.25) is 0 Å². The van der Waals surface area contributed by atoms with E-state index in [2.05, 4.69) is 20.6 Å². The number of aromatic amines is 1. The van der Waals surface area contributed by atoms with Crippen molar-refractivity contribution < 1.29 is 9.59 Å². The van der Waals surface area contributed by atoms with E-state index in [0.717, 1.165) is 12.2 Å². The molecular formula is C11H15N5O2. The highest BCUT2D eigenvalue weighted by Gasteiger charge is 2.41. The van der Waals surface area contributed by atoms with Crippen molar-refractivity contribution in [1.29, 1.82) is 0 Å². The maximum Gasteiger partial charge on any atom is 0.246 e. The molecule has 96 valence electrons. The summed E-state index contributed by atoms with van der Waals surface area (Å²) in [5.41, 5.74) is 0.849. The van der Waals surface area contributed by atoms with Crippen LogP contribution >= 0.6 is 0 Å². The molecule has 3 heterocycles. The first kappa shape index (κ1) is 11.2. The maximum atomic E-state index is 12.3. The number of nitrogens with zero attached hydrogens (tertiary/aromatic N) is 2. The van der Waals surface area contributed by atoms with Gasteiger partial charge >= 0.3 is 0 Å².